The predicted molar refractivity (Wildman–Crippen MR) is 66.1 cm³/mol. The number of hydrogen-bond donors (Lipinski definition) is 2. The summed E-state index contributed by atoms with van der Waals surface area (Å²) < 4.78 is 22.7. The molecule has 0 atom stereocenters. The third-order valence-electron chi connectivity index (χ3n) is 2.25. The lowest BCUT2D eigenvalue weighted by atomic mass is 10.2. The fourth-order valence-corrected chi connectivity index (χ4v) is 2.05. The fraction of sp³-hybridized carbons (Fsp3) is 0.0909. The van der Waals surface area contributed by atoms with Crippen LogP contribution in [0.5, 0.6) is 0 Å². The van der Waals surface area contributed by atoms with Crippen LogP contribution in [-0.4, -0.2) is 30.5 Å². The zero-order valence-corrected chi connectivity index (χ0v) is 10.4. The number of nitrogens with zero attached hydrogens (tertiary/aromatic N) is 1. The number of carbonyl (C=O) groups is 1. The summed E-state index contributed by atoms with van der Waals surface area (Å²) in [5.74, 6) is -0.111. The highest BCUT2D eigenvalue weighted by Crippen LogP contribution is 2.12. The molecule has 0 bridgehead atoms. The molecule has 2 rings (SSSR count). The van der Waals surface area contributed by atoms with Crippen LogP contribution in [0.25, 0.3) is 0 Å². The minimum absolute atomic E-state index is 0.106. The summed E-state index contributed by atoms with van der Waals surface area (Å²) in [5, 5.41) is 2.52. The molecule has 2 aromatic rings. The van der Waals surface area contributed by atoms with Crippen LogP contribution in [0, 0.1) is 0 Å². The van der Waals surface area contributed by atoms with E-state index in [0.29, 0.717) is 5.95 Å². The van der Waals surface area contributed by atoms with E-state index in [1.54, 1.807) is 6.20 Å². The SMILES string of the molecule is CS(=O)(=O)c1cccc(C(=O)Nc2ncc[nH]2)c1. The molecule has 6 nitrogen and oxygen atoms in total. The summed E-state index contributed by atoms with van der Waals surface area (Å²) in [4.78, 5) is 18.5. The number of rotatable bonds is 3. The van der Waals surface area contributed by atoms with Crippen LogP contribution >= 0.6 is 0 Å². The number of aromatic amines is 1. The van der Waals surface area contributed by atoms with Crippen LogP contribution in [-0.2, 0) is 9.84 Å². The molecule has 0 saturated heterocycles. The van der Waals surface area contributed by atoms with Gasteiger partial charge in [0, 0.05) is 24.2 Å². The van der Waals surface area contributed by atoms with Crippen molar-refractivity contribution >= 4 is 21.7 Å². The van der Waals surface area contributed by atoms with Crippen LogP contribution < -0.4 is 5.32 Å². The number of amides is 1. The van der Waals surface area contributed by atoms with Crippen molar-refractivity contribution in [1.82, 2.24) is 9.97 Å². The predicted octanol–water partition coefficient (Wildman–Crippen LogP) is 1.07. The number of imidazole rings is 1. The maximum absolute atomic E-state index is 11.8. The van der Waals surface area contributed by atoms with E-state index in [1.165, 1.54) is 30.5 Å². The van der Waals surface area contributed by atoms with Crippen LogP contribution in [0.3, 0.4) is 0 Å². The molecule has 0 aliphatic carbocycles. The number of benzene rings is 1. The molecule has 0 aliphatic heterocycles. The van der Waals surface area contributed by atoms with Crippen molar-refractivity contribution in [2.24, 2.45) is 0 Å². The first-order chi connectivity index (χ1) is 8.47. The van der Waals surface area contributed by atoms with E-state index in [2.05, 4.69) is 15.3 Å². The van der Waals surface area contributed by atoms with Gasteiger partial charge < -0.3 is 4.98 Å². The van der Waals surface area contributed by atoms with E-state index < -0.39 is 15.7 Å². The van der Waals surface area contributed by atoms with Gasteiger partial charge in [-0.3, -0.25) is 10.1 Å². The number of hydrogen-bond acceptors (Lipinski definition) is 4. The lowest BCUT2D eigenvalue weighted by Crippen LogP contribution is -2.13. The fourth-order valence-electron chi connectivity index (χ4n) is 1.38. The minimum Gasteiger partial charge on any atom is -0.331 e. The number of aromatic nitrogens is 2. The van der Waals surface area contributed by atoms with Gasteiger partial charge in [0.25, 0.3) is 5.91 Å². The Kier molecular flexibility index (Phi) is 3.15. The lowest BCUT2D eigenvalue weighted by Gasteiger charge is -2.04. The minimum atomic E-state index is -3.32. The average molecular weight is 265 g/mol. The topological polar surface area (TPSA) is 91.9 Å². The summed E-state index contributed by atoms with van der Waals surface area (Å²) in [6.07, 6.45) is 4.17. The summed E-state index contributed by atoms with van der Waals surface area (Å²) in [5.41, 5.74) is 0.259. The standard InChI is InChI=1S/C11H11N3O3S/c1-18(16,17)9-4-2-3-8(7-9)10(15)14-11-12-5-6-13-11/h2-7H,1H3,(H2,12,13,14,15). The summed E-state index contributed by atoms with van der Waals surface area (Å²) in [6.45, 7) is 0. The van der Waals surface area contributed by atoms with Crippen molar-refractivity contribution in [2.75, 3.05) is 11.6 Å². The van der Waals surface area contributed by atoms with Gasteiger partial charge >= 0.3 is 0 Å². The van der Waals surface area contributed by atoms with Crippen molar-refractivity contribution in [3.05, 3.63) is 42.2 Å². The molecule has 1 heterocycles. The van der Waals surface area contributed by atoms with Gasteiger partial charge in [-0.15, -0.1) is 0 Å². The van der Waals surface area contributed by atoms with Gasteiger partial charge in [-0.25, -0.2) is 13.4 Å². The Labute approximate surface area is 104 Å². The molecule has 0 fully saturated rings. The van der Waals surface area contributed by atoms with Gasteiger partial charge in [0.15, 0.2) is 9.84 Å². The van der Waals surface area contributed by atoms with E-state index in [1.807, 2.05) is 0 Å². The summed E-state index contributed by atoms with van der Waals surface area (Å²) >= 11 is 0. The molecule has 1 amide bonds. The molecule has 2 N–H and O–H groups in total. The molecular formula is C11H11N3O3S. The van der Waals surface area contributed by atoms with Crippen LogP contribution in [0.1, 0.15) is 10.4 Å². The summed E-state index contributed by atoms with van der Waals surface area (Å²) in [7, 11) is -3.32. The second kappa shape index (κ2) is 4.61. The van der Waals surface area contributed by atoms with Crippen molar-refractivity contribution in [1.29, 1.82) is 0 Å². The number of carbonyl (C=O) groups excluding carboxylic acids is 1. The molecule has 0 saturated carbocycles. The van der Waals surface area contributed by atoms with E-state index in [9.17, 15) is 13.2 Å². The molecule has 7 heteroatoms. The monoisotopic (exact) mass is 265 g/mol. The number of sulfone groups is 1. The third kappa shape index (κ3) is 2.75. The maximum Gasteiger partial charge on any atom is 0.258 e. The highest BCUT2D eigenvalue weighted by Gasteiger charge is 2.12. The van der Waals surface area contributed by atoms with E-state index >= 15 is 0 Å². The first-order valence-electron chi connectivity index (χ1n) is 5.08. The van der Waals surface area contributed by atoms with Crippen LogP contribution in [0.15, 0.2) is 41.6 Å². The molecule has 0 spiro atoms. The highest BCUT2D eigenvalue weighted by atomic mass is 32.2. The molecule has 0 aliphatic rings. The van der Waals surface area contributed by atoms with Gasteiger partial charge in [-0.05, 0) is 18.2 Å². The summed E-state index contributed by atoms with van der Waals surface area (Å²) in [6, 6.07) is 5.83. The number of anilines is 1. The normalized spacial score (nSPS) is 11.2. The highest BCUT2D eigenvalue weighted by molar-refractivity contribution is 7.90. The Morgan fingerprint density at radius 2 is 2.17 bits per heavy atom. The van der Waals surface area contributed by atoms with Crippen molar-refractivity contribution in [2.45, 2.75) is 4.90 Å². The van der Waals surface area contributed by atoms with Crippen LogP contribution in [0.2, 0.25) is 0 Å². The van der Waals surface area contributed by atoms with Gasteiger partial charge in [0.1, 0.15) is 0 Å². The van der Waals surface area contributed by atoms with Crippen molar-refractivity contribution < 1.29 is 13.2 Å². The van der Waals surface area contributed by atoms with Gasteiger partial charge in [0.05, 0.1) is 4.90 Å². The number of nitrogens with one attached hydrogen (secondary N) is 2. The molecule has 94 valence electrons. The zero-order valence-electron chi connectivity index (χ0n) is 9.54. The maximum atomic E-state index is 11.8. The van der Waals surface area contributed by atoms with Gasteiger partial charge in [-0.2, -0.15) is 0 Å². The Morgan fingerprint density at radius 3 is 2.78 bits per heavy atom. The lowest BCUT2D eigenvalue weighted by molar-refractivity contribution is 0.102. The van der Waals surface area contributed by atoms with E-state index in [0.717, 1.165) is 6.26 Å². The molecule has 0 unspecified atom stereocenters. The second-order valence-electron chi connectivity index (χ2n) is 3.69. The zero-order chi connectivity index (χ0) is 13.2. The first-order valence-corrected chi connectivity index (χ1v) is 6.97. The quantitative estimate of drug-likeness (QED) is 0.868. The largest absolute Gasteiger partial charge is 0.331 e. The van der Waals surface area contributed by atoms with Crippen molar-refractivity contribution in [3.8, 4) is 0 Å². The Bertz CT molecular complexity index is 663. The molecule has 1 aromatic carbocycles. The smallest absolute Gasteiger partial charge is 0.258 e. The van der Waals surface area contributed by atoms with Gasteiger partial charge in [-0.1, -0.05) is 6.07 Å². The Balaban J connectivity index is 2.26. The Morgan fingerprint density at radius 1 is 1.39 bits per heavy atom. The number of H-pyrrole nitrogens is 1. The third-order valence-corrected chi connectivity index (χ3v) is 3.36. The molecule has 18 heavy (non-hydrogen) atoms. The average Bonchev–Trinajstić information content (AvgIpc) is 2.81. The van der Waals surface area contributed by atoms with Gasteiger partial charge in [0.2, 0.25) is 5.95 Å². The first kappa shape index (κ1) is 12.3. The Hall–Kier alpha value is -2.15. The molecule has 1 aromatic heterocycles. The van der Waals surface area contributed by atoms with E-state index in [4.69, 9.17) is 0 Å². The van der Waals surface area contributed by atoms with Crippen molar-refractivity contribution in [3.63, 3.8) is 0 Å². The second-order valence-corrected chi connectivity index (χ2v) is 5.71. The van der Waals surface area contributed by atoms with Crippen LogP contribution in [0.4, 0.5) is 5.95 Å². The molecular weight excluding hydrogens is 254 g/mol. The molecule has 0 radical (unpaired) electrons. The van der Waals surface area contributed by atoms with E-state index in [-0.39, 0.29) is 10.5 Å².